The van der Waals surface area contributed by atoms with Gasteiger partial charge >= 0.3 is 0 Å². The zero-order valence-electron chi connectivity index (χ0n) is 24.6. The largest absolute Gasteiger partial charge is 0.394 e. The van der Waals surface area contributed by atoms with E-state index in [-0.39, 0.29) is 31.8 Å². The summed E-state index contributed by atoms with van der Waals surface area (Å²) in [6.45, 7) is 1.93. The van der Waals surface area contributed by atoms with E-state index in [1.54, 1.807) is 6.20 Å². The van der Waals surface area contributed by atoms with E-state index in [4.69, 9.17) is 22.9 Å². The molecular weight excluding hydrogens is 576 g/mol. The van der Waals surface area contributed by atoms with Crippen LogP contribution in [0.4, 0.5) is 0 Å². The summed E-state index contributed by atoms with van der Waals surface area (Å²) < 4.78 is 0. The molecule has 0 unspecified atom stereocenters. The number of hydrogen-bond acceptors (Lipinski definition) is 9. The van der Waals surface area contributed by atoms with Crippen molar-refractivity contribution >= 4 is 46.4 Å². The number of nitrogens with one attached hydrogen (secondary N) is 5. The van der Waals surface area contributed by atoms with E-state index in [1.165, 1.54) is 13.8 Å². The quantitative estimate of drug-likeness (QED) is 0.0462. The number of rotatable bonds is 17. The molecule has 0 bridgehead atoms. The molecule has 2 rings (SSSR count). The van der Waals surface area contributed by atoms with Gasteiger partial charge in [0.05, 0.1) is 12.7 Å². The molecule has 2 aromatic rings. The average molecular weight is 619 g/mol. The maximum atomic E-state index is 13.0. The maximum Gasteiger partial charge on any atom is 0.245 e. The lowest BCUT2D eigenvalue weighted by atomic mass is 10.0. The van der Waals surface area contributed by atoms with Crippen LogP contribution in [0.2, 0.25) is 0 Å². The van der Waals surface area contributed by atoms with Crippen LogP contribution in [0.5, 0.6) is 0 Å². The second-order valence-corrected chi connectivity index (χ2v) is 10.3. The Bertz CT molecular complexity index is 1340. The van der Waals surface area contributed by atoms with E-state index >= 15 is 0 Å². The molecule has 17 nitrogen and oxygen atoms in total. The second-order valence-electron chi connectivity index (χ2n) is 10.3. The fourth-order valence-electron chi connectivity index (χ4n) is 4.15. The second kappa shape index (κ2) is 16.8. The van der Waals surface area contributed by atoms with Gasteiger partial charge in [-0.15, -0.1) is 0 Å². The average Bonchev–Trinajstić information content (AvgIpc) is 3.38. The van der Waals surface area contributed by atoms with Crippen LogP contribution in [0.3, 0.4) is 0 Å². The summed E-state index contributed by atoms with van der Waals surface area (Å²) in [4.78, 5) is 70.2. The Hall–Kier alpha value is -4.74. The lowest BCUT2D eigenvalue weighted by Gasteiger charge is -2.25. The highest BCUT2D eigenvalue weighted by Crippen LogP contribution is 2.19. The van der Waals surface area contributed by atoms with E-state index in [2.05, 4.69) is 31.2 Å². The standard InChI is InChI=1S/C27H42N10O7/c1-13(23(41)36-19(22(29)40)10-15-11-33-17-7-4-3-6-16(15)17)34-25(43)20(12-38)37-24(42)18(8-5-9-32-27(30)31)35-26(44)21(28)14(2)39/h3-4,6-7,11,13-14,18-21,33,38-39H,5,8-10,12,28H2,1-2H3,(H2,29,40)(H,34,43)(H,35,44)(H,36,41)(H,37,42)(H4,30,31,32)/t13-,14-,18-,19-,20-,21+/m0/s1. The number of fused-ring (bicyclic) bond motifs is 1. The van der Waals surface area contributed by atoms with Crippen molar-refractivity contribution < 1.29 is 34.2 Å². The number of aromatic amines is 1. The molecule has 0 aliphatic rings. The summed E-state index contributed by atoms with van der Waals surface area (Å²) in [5.74, 6) is -4.27. The van der Waals surface area contributed by atoms with Crippen LogP contribution < -0.4 is 44.2 Å². The Kier molecular flexibility index (Phi) is 13.5. The highest BCUT2D eigenvalue weighted by molar-refractivity contribution is 5.96. The minimum Gasteiger partial charge on any atom is -0.394 e. The van der Waals surface area contributed by atoms with Gasteiger partial charge in [-0.3, -0.25) is 29.0 Å². The van der Waals surface area contributed by atoms with Crippen molar-refractivity contribution in [3.63, 3.8) is 0 Å². The maximum absolute atomic E-state index is 13.0. The fraction of sp³-hybridized carbons (Fsp3) is 0.481. The molecule has 0 radical (unpaired) electrons. The van der Waals surface area contributed by atoms with E-state index in [9.17, 15) is 34.2 Å². The SMILES string of the molecule is C[C@H](NC(=O)[C@H](CO)NC(=O)[C@H](CCCN=C(N)N)NC(=O)[C@H](N)[C@H](C)O)C(=O)N[C@@H](Cc1c[nH]c2ccccc12)C(N)=O. The highest BCUT2D eigenvalue weighted by Gasteiger charge is 2.30. The minimum atomic E-state index is -1.52. The first-order valence-electron chi connectivity index (χ1n) is 13.9. The number of para-hydroxylation sites is 1. The van der Waals surface area contributed by atoms with Gasteiger partial charge in [0.15, 0.2) is 5.96 Å². The summed E-state index contributed by atoms with van der Waals surface area (Å²) in [5.41, 5.74) is 23.4. The lowest BCUT2D eigenvalue weighted by molar-refractivity contribution is -0.135. The Morgan fingerprint density at radius 3 is 2.11 bits per heavy atom. The third kappa shape index (κ3) is 10.5. The van der Waals surface area contributed by atoms with Gasteiger partial charge in [-0.1, -0.05) is 18.2 Å². The van der Waals surface area contributed by atoms with E-state index < -0.39 is 72.5 Å². The lowest BCUT2D eigenvalue weighted by Crippen LogP contribution is -2.59. The molecule has 242 valence electrons. The van der Waals surface area contributed by atoms with Gasteiger partial charge in [0.25, 0.3) is 0 Å². The van der Waals surface area contributed by atoms with Crippen molar-refractivity contribution in [3.05, 3.63) is 36.0 Å². The van der Waals surface area contributed by atoms with Crippen molar-refractivity contribution in [1.29, 1.82) is 0 Å². The third-order valence-corrected chi connectivity index (χ3v) is 6.73. The van der Waals surface area contributed by atoms with Crippen LogP contribution in [-0.2, 0) is 30.4 Å². The summed E-state index contributed by atoms with van der Waals surface area (Å²) in [6, 6.07) is 1.03. The fourth-order valence-corrected chi connectivity index (χ4v) is 4.15. The van der Waals surface area contributed by atoms with Crippen LogP contribution in [0.1, 0.15) is 32.3 Å². The van der Waals surface area contributed by atoms with Crippen LogP contribution in [0.25, 0.3) is 10.9 Å². The van der Waals surface area contributed by atoms with Crippen molar-refractivity contribution in [2.75, 3.05) is 13.2 Å². The number of benzene rings is 1. The first kappa shape index (κ1) is 35.5. The van der Waals surface area contributed by atoms with Gasteiger partial charge in [-0.05, 0) is 38.3 Å². The number of nitrogens with two attached hydrogens (primary N) is 4. The molecule has 6 atom stereocenters. The van der Waals surface area contributed by atoms with Gasteiger partial charge in [-0.2, -0.15) is 0 Å². The molecule has 1 heterocycles. The molecule has 17 heteroatoms. The van der Waals surface area contributed by atoms with Crippen LogP contribution in [0.15, 0.2) is 35.5 Å². The topological polar surface area (TPSA) is 306 Å². The number of guanidine groups is 1. The van der Waals surface area contributed by atoms with Crippen molar-refractivity contribution in [2.45, 2.75) is 69.4 Å². The number of carbonyl (C=O) groups is 5. The van der Waals surface area contributed by atoms with Gasteiger partial charge < -0.3 is 59.4 Å². The van der Waals surface area contributed by atoms with Gasteiger partial charge in [0.1, 0.15) is 30.2 Å². The number of primary amides is 1. The summed E-state index contributed by atoms with van der Waals surface area (Å²) in [5, 5.41) is 29.9. The van der Waals surface area contributed by atoms with Crippen LogP contribution in [0, 0.1) is 0 Å². The predicted molar refractivity (Wildman–Crippen MR) is 161 cm³/mol. The third-order valence-electron chi connectivity index (χ3n) is 6.73. The van der Waals surface area contributed by atoms with Gasteiger partial charge in [-0.25, -0.2) is 0 Å². The number of aromatic nitrogens is 1. The Labute approximate surface area is 253 Å². The molecule has 0 fully saturated rings. The number of amides is 5. The number of aliphatic hydroxyl groups excluding tert-OH is 2. The molecule has 0 spiro atoms. The first-order chi connectivity index (χ1) is 20.7. The van der Waals surface area contributed by atoms with Crippen LogP contribution >= 0.6 is 0 Å². The molecule has 1 aromatic heterocycles. The monoisotopic (exact) mass is 618 g/mol. The smallest absolute Gasteiger partial charge is 0.245 e. The molecule has 0 saturated carbocycles. The molecule has 0 aliphatic heterocycles. The Morgan fingerprint density at radius 2 is 1.50 bits per heavy atom. The van der Waals surface area contributed by atoms with E-state index in [0.29, 0.717) is 0 Å². The molecule has 1 aromatic carbocycles. The van der Waals surface area contributed by atoms with E-state index in [1.807, 2.05) is 24.3 Å². The zero-order chi connectivity index (χ0) is 33.0. The van der Waals surface area contributed by atoms with Gasteiger partial charge in [0.2, 0.25) is 29.5 Å². The summed E-state index contributed by atoms with van der Waals surface area (Å²) >= 11 is 0. The highest BCUT2D eigenvalue weighted by atomic mass is 16.3. The van der Waals surface area contributed by atoms with Crippen molar-refractivity contribution in [3.8, 4) is 0 Å². The molecule has 0 saturated heterocycles. The number of nitrogens with zero attached hydrogens (tertiary/aromatic N) is 1. The van der Waals surface area contributed by atoms with E-state index in [0.717, 1.165) is 16.5 Å². The molecule has 15 N–H and O–H groups in total. The first-order valence-corrected chi connectivity index (χ1v) is 13.9. The van der Waals surface area contributed by atoms with Crippen molar-refractivity contribution in [2.24, 2.45) is 27.9 Å². The van der Waals surface area contributed by atoms with Gasteiger partial charge in [0, 0.05) is 30.1 Å². The summed E-state index contributed by atoms with van der Waals surface area (Å²) in [7, 11) is 0. The van der Waals surface area contributed by atoms with Crippen LogP contribution in [-0.4, -0.2) is 100 Å². The van der Waals surface area contributed by atoms with Crippen molar-refractivity contribution in [1.82, 2.24) is 26.3 Å². The summed E-state index contributed by atoms with van der Waals surface area (Å²) in [6.07, 6.45) is 0.856. The minimum absolute atomic E-state index is 0.0182. The molecule has 5 amide bonds. The number of aliphatic imine (C=N–C) groups is 1. The zero-order valence-corrected chi connectivity index (χ0v) is 24.6. The normalized spacial score (nSPS) is 15.1. The number of H-pyrrole nitrogens is 1. The molecule has 0 aliphatic carbocycles. The Morgan fingerprint density at radius 1 is 0.886 bits per heavy atom. The number of hydrogen-bond donors (Lipinski definition) is 11. The molecule has 44 heavy (non-hydrogen) atoms. The number of aliphatic hydroxyl groups is 2. The molecular formula is C27H42N10O7. The predicted octanol–water partition coefficient (Wildman–Crippen LogP) is -4.09. The number of carbonyl (C=O) groups excluding carboxylic acids is 5. The Balaban J connectivity index is 2.04.